The first-order valence-electron chi connectivity index (χ1n) is 9.42. The molecule has 2 heteroatoms. The molecule has 0 aromatic rings. The predicted molar refractivity (Wildman–Crippen MR) is 87.4 cm³/mol. The van der Waals surface area contributed by atoms with Crippen molar-refractivity contribution in [2.45, 2.75) is 78.6 Å². The first-order valence-corrected chi connectivity index (χ1v) is 9.42. The summed E-state index contributed by atoms with van der Waals surface area (Å²) in [5.74, 6) is 1.91. The van der Waals surface area contributed by atoms with Gasteiger partial charge in [0.05, 0.1) is 0 Å². The second kappa shape index (κ2) is 4.37. The highest BCUT2D eigenvalue weighted by Gasteiger charge is 2.66. The van der Waals surface area contributed by atoms with Crippen LogP contribution in [0.4, 0.5) is 0 Å². The molecule has 0 aromatic heterocycles. The van der Waals surface area contributed by atoms with Crippen LogP contribution in [0.2, 0.25) is 0 Å². The summed E-state index contributed by atoms with van der Waals surface area (Å²) in [5, 5.41) is 10.1. The van der Waals surface area contributed by atoms with E-state index in [9.17, 15) is 9.90 Å². The van der Waals surface area contributed by atoms with Gasteiger partial charge in [0.25, 0.3) is 0 Å². The lowest BCUT2D eigenvalue weighted by Crippen LogP contribution is -2.57. The third kappa shape index (κ3) is 1.68. The van der Waals surface area contributed by atoms with Gasteiger partial charge < -0.3 is 5.11 Å². The maximum absolute atomic E-state index is 12.6. The van der Waals surface area contributed by atoms with Gasteiger partial charge >= 0.3 is 0 Å². The molecule has 0 saturated heterocycles. The van der Waals surface area contributed by atoms with Gasteiger partial charge in [-0.15, -0.1) is 0 Å². The van der Waals surface area contributed by atoms with E-state index in [4.69, 9.17) is 0 Å². The second-order valence-electron chi connectivity index (χ2n) is 10.1. The summed E-state index contributed by atoms with van der Waals surface area (Å²) in [6, 6.07) is 0. The lowest BCUT2D eigenvalue weighted by atomic mass is 9.40. The molecule has 4 rings (SSSR count). The zero-order chi connectivity index (χ0) is 15.8. The maximum atomic E-state index is 12.6. The van der Waals surface area contributed by atoms with Crippen molar-refractivity contribution in [3.05, 3.63) is 0 Å². The van der Waals surface area contributed by atoms with Gasteiger partial charge in [-0.2, -0.15) is 0 Å². The van der Waals surface area contributed by atoms with E-state index in [0.717, 1.165) is 19.3 Å². The maximum Gasteiger partial charge on any atom is 0.139 e. The first kappa shape index (κ1) is 15.2. The van der Waals surface area contributed by atoms with Gasteiger partial charge in [0.2, 0.25) is 0 Å². The monoisotopic (exact) mass is 304 g/mol. The average Bonchev–Trinajstić information content (AvgIpc) is 2.64. The van der Waals surface area contributed by atoms with Gasteiger partial charge in [-0.1, -0.05) is 27.2 Å². The normalized spacial score (nSPS) is 57.4. The van der Waals surface area contributed by atoms with E-state index in [-0.39, 0.29) is 10.8 Å². The summed E-state index contributed by atoms with van der Waals surface area (Å²) in [6.07, 6.45) is 10.6. The molecule has 1 spiro atoms. The van der Waals surface area contributed by atoms with Crippen molar-refractivity contribution in [1.29, 1.82) is 0 Å². The molecule has 22 heavy (non-hydrogen) atoms. The number of ketones is 1. The molecule has 0 aromatic carbocycles. The highest BCUT2D eigenvalue weighted by atomic mass is 16.3. The molecular weight excluding hydrogens is 272 g/mol. The van der Waals surface area contributed by atoms with Crippen LogP contribution in [0.1, 0.15) is 78.6 Å². The Morgan fingerprint density at radius 3 is 2.50 bits per heavy atom. The zero-order valence-corrected chi connectivity index (χ0v) is 14.6. The van der Waals surface area contributed by atoms with Gasteiger partial charge in [0.1, 0.15) is 5.78 Å². The minimum absolute atomic E-state index is 0.00531. The minimum atomic E-state index is -0.00531. The highest BCUT2D eigenvalue weighted by Crippen LogP contribution is 2.72. The molecule has 0 aliphatic heterocycles. The molecule has 0 amide bonds. The first-order chi connectivity index (χ1) is 10.3. The van der Waals surface area contributed by atoms with Crippen LogP contribution in [0, 0.1) is 33.5 Å². The lowest BCUT2D eigenvalue weighted by Gasteiger charge is -2.64. The molecule has 4 saturated carbocycles. The SMILES string of the molecule is C[C@@]12CC[C@@H]3[C@@](CC[C@@H]4[C@@](C)(CO)CCC[C@]43C)(CC1=O)C2. The van der Waals surface area contributed by atoms with Gasteiger partial charge in [-0.3, -0.25) is 4.79 Å². The van der Waals surface area contributed by atoms with Crippen LogP contribution in [0.25, 0.3) is 0 Å². The number of fused-ring (bicyclic) bond motifs is 3. The molecule has 124 valence electrons. The Bertz CT molecular complexity index is 514. The fourth-order valence-electron chi connectivity index (χ4n) is 7.83. The summed E-state index contributed by atoms with van der Waals surface area (Å²) < 4.78 is 0. The predicted octanol–water partition coefficient (Wildman–Crippen LogP) is 4.35. The standard InChI is InChI=1S/C20H32O2/c1-17-9-5-15-19(3)8-4-7-18(2,13-21)14(19)6-10-20(15,12-17)11-16(17)22/h14-15,21H,4-13H2,1-3H3/t14-,15+,17+,18-,19-,20+/m1/s1. The Morgan fingerprint density at radius 2 is 1.77 bits per heavy atom. The van der Waals surface area contributed by atoms with Gasteiger partial charge in [0.15, 0.2) is 0 Å². The number of hydrogen-bond acceptors (Lipinski definition) is 2. The molecule has 2 bridgehead atoms. The lowest BCUT2D eigenvalue weighted by molar-refractivity contribution is -0.163. The van der Waals surface area contributed by atoms with Crippen molar-refractivity contribution in [3.63, 3.8) is 0 Å². The van der Waals surface area contributed by atoms with Crippen molar-refractivity contribution in [1.82, 2.24) is 0 Å². The number of carbonyl (C=O) groups excluding carboxylic acids is 1. The Labute approximate surface area is 135 Å². The van der Waals surface area contributed by atoms with E-state index in [0.29, 0.717) is 35.1 Å². The van der Waals surface area contributed by atoms with E-state index in [2.05, 4.69) is 20.8 Å². The Balaban J connectivity index is 1.74. The van der Waals surface area contributed by atoms with Gasteiger partial charge in [-0.25, -0.2) is 0 Å². The van der Waals surface area contributed by atoms with E-state index in [1.165, 1.54) is 38.5 Å². The van der Waals surface area contributed by atoms with Gasteiger partial charge in [-0.05, 0) is 73.0 Å². The fourth-order valence-corrected chi connectivity index (χ4v) is 7.83. The summed E-state index contributed by atoms with van der Waals surface area (Å²) >= 11 is 0. The number of hydrogen-bond donors (Lipinski definition) is 1. The van der Waals surface area contributed by atoms with Crippen molar-refractivity contribution in [2.75, 3.05) is 6.61 Å². The Kier molecular flexibility index (Phi) is 3.02. The largest absolute Gasteiger partial charge is 0.396 e. The summed E-state index contributed by atoms with van der Waals surface area (Å²) in [4.78, 5) is 12.6. The number of aliphatic hydroxyl groups is 1. The van der Waals surface area contributed by atoms with E-state index >= 15 is 0 Å². The van der Waals surface area contributed by atoms with Crippen molar-refractivity contribution in [3.8, 4) is 0 Å². The molecule has 0 radical (unpaired) electrons. The summed E-state index contributed by atoms with van der Waals surface area (Å²) in [6.45, 7) is 7.40. The van der Waals surface area contributed by atoms with E-state index in [1.807, 2.05) is 0 Å². The van der Waals surface area contributed by atoms with Crippen LogP contribution >= 0.6 is 0 Å². The average molecular weight is 304 g/mol. The fraction of sp³-hybridized carbons (Fsp3) is 0.950. The van der Waals surface area contributed by atoms with E-state index < -0.39 is 0 Å². The second-order valence-corrected chi connectivity index (χ2v) is 10.1. The molecule has 4 aliphatic rings. The Morgan fingerprint density at radius 1 is 1.05 bits per heavy atom. The summed E-state index contributed by atoms with van der Waals surface area (Å²) in [7, 11) is 0. The van der Waals surface area contributed by atoms with Crippen LogP contribution in [0.15, 0.2) is 0 Å². The van der Waals surface area contributed by atoms with Crippen molar-refractivity contribution >= 4 is 5.78 Å². The number of rotatable bonds is 1. The van der Waals surface area contributed by atoms with E-state index in [1.54, 1.807) is 0 Å². The number of carbonyl (C=O) groups is 1. The van der Waals surface area contributed by atoms with Crippen molar-refractivity contribution < 1.29 is 9.90 Å². The molecule has 1 N–H and O–H groups in total. The van der Waals surface area contributed by atoms with Crippen LogP contribution in [0.5, 0.6) is 0 Å². The topological polar surface area (TPSA) is 37.3 Å². The van der Waals surface area contributed by atoms with Crippen molar-refractivity contribution in [2.24, 2.45) is 33.5 Å². The molecule has 4 fully saturated rings. The zero-order valence-electron chi connectivity index (χ0n) is 14.6. The van der Waals surface area contributed by atoms with Crippen LogP contribution in [0.3, 0.4) is 0 Å². The minimum Gasteiger partial charge on any atom is -0.396 e. The number of aliphatic hydroxyl groups excluding tert-OH is 1. The molecular formula is C20H32O2. The molecule has 0 unspecified atom stereocenters. The third-order valence-corrected chi connectivity index (χ3v) is 8.84. The molecule has 4 aliphatic carbocycles. The molecule has 6 atom stereocenters. The quantitative estimate of drug-likeness (QED) is 0.782. The molecule has 2 nitrogen and oxygen atoms in total. The van der Waals surface area contributed by atoms with Crippen LogP contribution in [-0.2, 0) is 4.79 Å². The molecule has 0 heterocycles. The Hall–Kier alpha value is -0.370. The third-order valence-electron chi connectivity index (χ3n) is 8.84. The number of Topliss-reactive ketones (excluding diaryl/α,β-unsaturated/α-hetero) is 1. The van der Waals surface area contributed by atoms with Crippen LogP contribution < -0.4 is 0 Å². The summed E-state index contributed by atoms with van der Waals surface area (Å²) in [5.41, 5.74) is 0.760. The van der Waals surface area contributed by atoms with Gasteiger partial charge in [0, 0.05) is 18.4 Å². The smallest absolute Gasteiger partial charge is 0.139 e. The highest BCUT2D eigenvalue weighted by molar-refractivity contribution is 5.88. The van der Waals surface area contributed by atoms with Crippen LogP contribution in [-0.4, -0.2) is 17.5 Å².